The number of benzene rings is 20. The van der Waals surface area contributed by atoms with E-state index in [1.165, 1.54) is 110 Å². The van der Waals surface area contributed by atoms with Gasteiger partial charge in [0.25, 0.3) is 0 Å². The summed E-state index contributed by atoms with van der Waals surface area (Å²) in [5.41, 5.74) is 29.9. The van der Waals surface area contributed by atoms with Crippen molar-refractivity contribution < 1.29 is 8.83 Å². The zero-order chi connectivity index (χ0) is 83.2. The number of para-hydroxylation sites is 5. The standard InChI is InChI=1S/C59H40N2O.C37H26ClN.C23H16O/c1-6-20-43(21-7-1)59(44-22-8-2-9-23-44)55-34-31-48(60(45-24-10-3-11-25-45)46-26-12-4-13-27-46)38-52(55)51-33-30-50(40-56(51)59)61(47-28-14-5-15-29-47)49-32-35-57-54(39-49)53-36-41-18-16-17-19-42(41)37-58(53)62-57;38-29-21-23-33-34-26-32(39(30-17-9-3-10-18-30)31-19-11-4-12-20-31)22-24-35(34)37(36(33)25-29,27-13-5-1-6-14-27)28-15-7-2-8-16-28;1-2-6-16(7-3-1)12-17-10-11-22-20(13-17)21-14-18-8-4-5-9-19(18)15-23(21)24-22/h1-40H;1-26H;1-11,13-15H,12H2. The molecule has 24 rings (SSSR count). The van der Waals surface area contributed by atoms with Crippen LogP contribution in [0.1, 0.15) is 55.6 Å². The number of rotatable bonds is 15. The van der Waals surface area contributed by atoms with Crippen LogP contribution >= 0.6 is 11.6 Å². The molecular weight excluding hydrogens is 1540 g/mol. The highest BCUT2D eigenvalue weighted by Crippen LogP contribution is 2.61. The summed E-state index contributed by atoms with van der Waals surface area (Å²) in [6.45, 7) is 0. The summed E-state index contributed by atoms with van der Waals surface area (Å²) in [5.74, 6) is 0. The number of anilines is 9. The molecule has 0 N–H and O–H groups in total. The molecule has 0 unspecified atom stereocenters. The maximum Gasteiger partial charge on any atom is 0.136 e. The molecule has 0 aliphatic heterocycles. The van der Waals surface area contributed by atoms with Crippen molar-refractivity contribution in [3.63, 3.8) is 0 Å². The van der Waals surface area contributed by atoms with Gasteiger partial charge < -0.3 is 23.5 Å². The van der Waals surface area contributed by atoms with Crippen LogP contribution in [-0.2, 0) is 17.3 Å². The first-order valence-corrected chi connectivity index (χ1v) is 43.1. The van der Waals surface area contributed by atoms with Crippen molar-refractivity contribution in [3.05, 3.63) is 546 Å². The molecule has 0 amide bonds. The average Bonchev–Trinajstić information content (AvgIpc) is 1.55. The van der Waals surface area contributed by atoms with E-state index in [1.807, 2.05) is 6.07 Å². The summed E-state index contributed by atoms with van der Waals surface area (Å²) in [7, 11) is 0. The lowest BCUT2D eigenvalue weighted by molar-refractivity contribution is 0.669. The maximum absolute atomic E-state index is 6.70. The molecule has 0 atom stereocenters. The van der Waals surface area contributed by atoms with Gasteiger partial charge in [0, 0.05) is 77.8 Å². The normalized spacial score (nSPS) is 12.5. The number of fused-ring (bicyclic) bond motifs is 14. The predicted octanol–water partition coefficient (Wildman–Crippen LogP) is 32.5. The quantitative estimate of drug-likeness (QED) is 0.102. The summed E-state index contributed by atoms with van der Waals surface area (Å²) in [4.78, 5) is 7.07. The van der Waals surface area contributed by atoms with Gasteiger partial charge in [-0.3, -0.25) is 0 Å². The van der Waals surface area contributed by atoms with E-state index in [2.05, 4.69) is 494 Å². The fraction of sp³-hybridized carbons (Fsp3) is 0.0252. The Morgan fingerprint density at radius 2 is 0.488 bits per heavy atom. The fourth-order valence-electron chi connectivity index (χ4n) is 19.6. The van der Waals surface area contributed by atoms with Crippen LogP contribution in [0.2, 0.25) is 5.02 Å². The Labute approximate surface area is 732 Å². The lowest BCUT2D eigenvalue weighted by Gasteiger charge is -2.35. The van der Waals surface area contributed by atoms with Crippen LogP contribution in [0.15, 0.2) is 494 Å². The summed E-state index contributed by atoms with van der Waals surface area (Å²) in [6, 6.07) is 174. The van der Waals surface area contributed by atoms with Crippen LogP contribution in [0.3, 0.4) is 0 Å². The van der Waals surface area contributed by atoms with Crippen LogP contribution in [-0.4, -0.2) is 0 Å². The van der Waals surface area contributed by atoms with Gasteiger partial charge in [0.05, 0.1) is 10.8 Å². The van der Waals surface area contributed by atoms with Crippen molar-refractivity contribution >= 4 is 128 Å². The molecule has 20 aromatic carbocycles. The van der Waals surface area contributed by atoms with Crippen molar-refractivity contribution in [2.45, 2.75) is 17.3 Å². The van der Waals surface area contributed by atoms with Crippen LogP contribution < -0.4 is 14.7 Å². The van der Waals surface area contributed by atoms with E-state index in [0.29, 0.717) is 0 Å². The zero-order valence-electron chi connectivity index (χ0n) is 68.4. The molecular formula is C119H82ClN3O2. The molecule has 2 heterocycles. The van der Waals surface area contributed by atoms with Crippen molar-refractivity contribution in [1.82, 2.24) is 0 Å². The Kier molecular flexibility index (Phi) is 19.5. The minimum atomic E-state index is -0.597. The van der Waals surface area contributed by atoms with Crippen molar-refractivity contribution in [1.29, 1.82) is 0 Å². The third-order valence-corrected chi connectivity index (χ3v) is 25.3. The molecule has 592 valence electrons. The number of hydrogen-bond donors (Lipinski definition) is 0. The molecule has 2 aliphatic rings. The Bertz CT molecular complexity index is 7530. The molecule has 5 nitrogen and oxygen atoms in total. The summed E-state index contributed by atoms with van der Waals surface area (Å²) in [5, 5.41) is 10.2. The third-order valence-electron chi connectivity index (χ3n) is 25.1. The van der Waals surface area contributed by atoms with Gasteiger partial charge in [-0.15, -0.1) is 0 Å². The summed E-state index contributed by atoms with van der Waals surface area (Å²) in [6.07, 6.45) is 0.942. The first kappa shape index (κ1) is 75.4. The molecule has 0 saturated heterocycles. The molecule has 0 radical (unpaired) electrons. The van der Waals surface area contributed by atoms with Crippen molar-refractivity contribution in [2.75, 3.05) is 14.7 Å². The number of halogens is 1. The molecule has 2 aliphatic carbocycles. The Morgan fingerprint density at radius 3 is 0.896 bits per heavy atom. The van der Waals surface area contributed by atoms with Gasteiger partial charge in [0.1, 0.15) is 22.3 Å². The van der Waals surface area contributed by atoms with Gasteiger partial charge in [0.2, 0.25) is 0 Å². The molecule has 0 bridgehead atoms. The third kappa shape index (κ3) is 13.5. The summed E-state index contributed by atoms with van der Waals surface area (Å²) < 4.78 is 12.6. The maximum atomic E-state index is 6.70. The molecule has 0 fully saturated rings. The van der Waals surface area contributed by atoms with E-state index in [1.54, 1.807) is 0 Å². The van der Waals surface area contributed by atoms with E-state index < -0.39 is 10.8 Å². The monoisotopic (exact) mass is 1620 g/mol. The minimum Gasteiger partial charge on any atom is -0.456 e. The largest absolute Gasteiger partial charge is 0.456 e. The van der Waals surface area contributed by atoms with Crippen LogP contribution in [0.4, 0.5) is 51.2 Å². The Balaban J connectivity index is 0.000000124. The fourth-order valence-corrected chi connectivity index (χ4v) is 19.8. The second-order valence-corrected chi connectivity index (χ2v) is 32.7. The smallest absolute Gasteiger partial charge is 0.136 e. The van der Waals surface area contributed by atoms with Gasteiger partial charge in [-0.2, -0.15) is 0 Å². The van der Waals surface area contributed by atoms with E-state index in [9.17, 15) is 0 Å². The second-order valence-electron chi connectivity index (χ2n) is 32.3. The molecule has 125 heavy (non-hydrogen) atoms. The topological polar surface area (TPSA) is 36.0 Å². The van der Waals surface area contributed by atoms with Crippen LogP contribution in [0.25, 0.3) is 87.7 Å². The van der Waals surface area contributed by atoms with E-state index in [4.69, 9.17) is 20.4 Å². The zero-order valence-corrected chi connectivity index (χ0v) is 69.2. The van der Waals surface area contributed by atoms with Gasteiger partial charge >= 0.3 is 0 Å². The van der Waals surface area contributed by atoms with Crippen LogP contribution in [0.5, 0.6) is 0 Å². The molecule has 0 spiro atoms. The number of nitrogens with zero attached hydrogens (tertiary/aromatic N) is 3. The highest BCUT2D eigenvalue weighted by atomic mass is 35.5. The highest BCUT2D eigenvalue weighted by molar-refractivity contribution is 6.31. The van der Waals surface area contributed by atoms with Gasteiger partial charge in [-0.05, 0) is 270 Å². The number of hydrogen-bond acceptors (Lipinski definition) is 5. The van der Waals surface area contributed by atoms with E-state index in [-0.39, 0.29) is 0 Å². The lowest BCUT2D eigenvalue weighted by atomic mass is 9.67. The first-order valence-electron chi connectivity index (χ1n) is 42.7. The van der Waals surface area contributed by atoms with Crippen LogP contribution in [0, 0.1) is 0 Å². The second kappa shape index (κ2) is 32.3. The highest BCUT2D eigenvalue weighted by Gasteiger charge is 2.48. The minimum absolute atomic E-state index is 0.471. The van der Waals surface area contributed by atoms with Gasteiger partial charge in [0.15, 0.2) is 0 Å². The molecule has 6 heteroatoms. The van der Waals surface area contributed by atoms with Crippen molar-refractivity contribution in [3.8, 4) is 22.3 Å². The molecule has 2 aromatic heterocycles. The predicted molar refractivity (Wildman–Crippen MR) is 522 cm³/mol. The van der Waals surface area contributed by atoms with Gasteiger partial charge in [-0.1, -0.05) is 333 Å². The molecule has 22 aromatic rings. The van der Waals surface area contributed by atoms with E-state index >= 15 is 0 Å². The van der Waals surface area contributed by atoms with Gasteiger partial charge in [-0.25, -0.2) is 0 Å². The van der Waals surface area contributed by atoms with Crippen molar-refractivity contribution in [2.24, 2.45) is 0 Å². The first-order chi connectivity index (χ1) is 61.9. The van der Waals surface area contributed by atoms with E-state index in [0.717, 1.165) is 95.7 Å². The summed E-state index contributed by atoms with van der Waals surface area (Å²) >= 11 is 6.70. The Hall–Kier alpha value is -15.8. The Morgan fingerprint density at radius 1 is 0.192 bits per heavy atom. The lowest BCUT2D eigenvalue weighted by Crippen LogP contribution is -2.28. The average molecular weight is 1620 g/mol. The number of furan rings is 2. The SMILES string of the molecule is Clc1ccc2c(c1)C(c1ccccc1)(c1ccccc1)c1ccc(N(c3ccccc3)c3ccccc3)cc1-2.c1ccc(Cc2ccc3oc4cc5ccccc5cc4c3c2)cc1.c1ccc(N(c2ccccc2)c2ccc3c(c2)-c2ccc(N(c4ccccc4)c4ccc5oc6cc7ccccc7cc6c5c4)cc2C3(c2ccccc2)c2ccccc2)cc1. The molecule has 0 saturated carbocycles.